The van der Waals surface area contributed by atoms with Crippen LogP contribution in [0.3, 0.4) is 0 Å². The predicted octanol–water partition coefficient (Wildman–Crippen LogP) is 2.20. The molecule has 1 aliphatic carbocycles. The largest absolute Gasteiger partial charge is 0.377 e. The molecule has 1 rings (SSSR count). The lowest BCUT2D eigenvalue weighted by molar-refractivity contribution is 0.0501. The first kappa shape index (κ1) is 9.61. The van der Waals surface area contributed by atoms with E-state index in [-0.39, 0.29) is 5.41 Å². The molecule has 1 heteroatoms. The van der Waals surface area contributed by atoms with Gasteiger partial charge < -0.3 is 5.11 Å². The van der Waals surface area contributed by atoms with E-state index in [4.69, 9.17) is 0 Å². The lowest BCUT2D eigenvalue weighted by atomic mass is 9.88. The maximum atomic E-state index is 9.99. The third-order valence-electron chi connectivity index (χ3n) is 2.78. The van der Waals surface area contributed by atoms with Crippen LogP contribution in [0.15, 0.2) is 0 Å². The van der Waals surface area contributed by atoms with Crippen LogP contribution in [0, 0.1) is 23.2 Å². The summed E-state index contributed by atoms with van der Waals surface area (Å²) in [7, 11) is 0. The van der Waals surface area contributed by atoms with Crippen molar-refractivity contribution >= 4 is 0 Å². The zero-order valence-corrected chi connectivity index (χ0v) is 8.44. The van der Waals surface area contributed by atoms with Crippen molar-refractivity contribution in [2.45, 2.75) is 46.1 Å². The molecule has 1 nitrogen and oxygen atoms in total. The molecule has 0 spiro atoms. The minimum absolute atomic E-state index is 0.0644. The molecule has 1 N–H and O–H groups in total. The Morgan fingerprint density at radius 1 is 1.42 bits per heavy atom. The minimum Gasteiger partial charge on any atom is -0.377 e. The van der Waals surface area contributed by atoms with E-state index in [1.807, 2.05) is 20.8 Å². The van der Waals surface area contributed by atoms with Gasteiger partial charge in [-0.05, 0) is 19.8 Å². The summed E-state index contributed by atoms with van der Waals surface area (Å²) in [5.74, 6) is 6.34. The summed E-state index contributed by atoms with van der Waals surface area (Å²) < 4.78 is 0. The standard InChI is InChI=1S/C11H18O/c1-9(2)5-6-11(4,12)10(3)7-8-10/h9,12H,7-8H2,1-4H3. The molecule has 0 saturated heterocycles. The van der Waals surface area contributed by atoms with Gasteiger partial charge in [0.25, 0.3) is 0 Å². The van der Waals surface area contributed by atoms with Crippen LogP contribution in [-0.2, 0) is 0 Å². The number of aliphatic hydroxyl groups is 1. The quantitative estimate of drug-likeness (QED) is 0.592. The minimum atomic E-state index is -0.780. The number of hydrogen-bond donors (Lipinski definition) is 1. The molecular formula is C11H18O. The van der Waals surface area contributed by atoms with E-state index in [1.165, 1.54) is 0 Å². The van der Waals surface area contributed by atoms with E-state index in [9.17, 15) is 5.11 Å². The van der Waals surface area contributed by atoms with E-state index in [1.54, 1.807) is 0 Å². The van der Waals surface area contributed by atoms with Gasteiger partial charge in [0, 0.05) is 11.3 Å². The van der Waals surface area contributed by atoms with Gasteiger partial charge in [-0.25, -0.2) is 0 Å². The van der Waals surface area contributed by atoms with Crippen molar-refractivity contribution in [3.63, 3.8) is 0 Å². The topological polar surface area (TPSA) is 20.2 Å². The Morgan fingerprint density at radius 3 is 2.25 bits per heavy atom. The summed E-state index contributed by atoms with van der Waals surface area (Å²) in [5, 5.41) is 9.99. The Bertz CT molecular complexity index is 223. The predicted molar refractivity (Wildman–Crippen MR) is 50.6 cm³/mol. The van der Waals surface area contributed by atoms with Crippen molar-refractivity contribution < 1.29 is 5.11 Å². The SMILES string of the molecule is CC(C)C#CC(C)(O)C1(C)CC1. The number of rotatable bonds is 1. The van der Waals surface area contributed by atoms with Crippen LogP contribution in [-0.4, -0.2) is 10.7 Å². The Hall–Kier alpha value is -0.480. The molecule has 0 amide bonds. The highest BCUT2D eigenvalue weighted by molar-refractivity contribution is 5.22. The summed E-state index contributed by atoms with van der Waals surface area (Å²) in [6.07, 6.45) is 2.21. The van der Waals surface area contributed by atoms with Crippen molar-refractivity contribution in [3.05, 3.63) is 0 Å². The fourth-order valence-corrected chi connectivity index (χ4v) is 1.11. The molecule has 1 aliphatic rings. The summed E-state index contributed by atoms with van der Waals surface area (Å²) in [6.45, 7) is 8.01. The van der Waals surface area contributed by atoms with E-state index < -0.39 is 5.60 Å². The van der Waals surface area contributed by atoms with Gasteiger partial charge in [0.2, 0.25) is 0 Å². The number of hydrogen-bond acceptors (Lipinski definition) is 1. The maximum absolute atomic E-state index is 9.99. The van der Waals surface area contributed by atoms with Crippen molar-refractivity contribution in [1.82, 2.24) is 0 Å². The van der Waals surface area contributed by atoms with Gasteiger partial charge in [-0.2, -0.15) is 0 Å². The Morgan fingerprint density at radius 2 is 1.92 bits per heavy atom. The smallest absolute Gasteiger partial charge is 0.128 e. The molecule has 1 saturated carbocycles. The molecule has 12 heavy (non-hydrogen) atoms. The highest BCUT2D eigenvalue weighted by Crippen LogP contribution is 2.53. The molecule has 1 unspecified atom stereocenters. The third kappa shape index (κ3) is 1.81. The third-order valence-corrected chi connectivity index (χ3v) is 2.78. The molecular weight excluding hydrogens is 148 g/mol. The molecule has 68 valence electrons. The van der Waals surface area contributed by atoms with Crippen LogP contribution < -0.4 is 0 Å². The van der Waals surface area contributed by atoms with Crippen LogP contribution >= 0.6 is 0 Å². The van der Waals surface area contributed by atoms with Crippen molar-refractivity contribution in [1.29, 1.82) is 0 Å². The van der Waals surface area contributed by atoms with Gasteiger partial charge >= 0.3 is 0 Å². The highest BCUT2D eigenvalue weighted by atomic mass is 16.3. The van der Waals surface area contributed by atoms with E-state index in [0.29, 0.717) is 5.92 Å². The molecule has 1 atom stereocenters. The average Bonchev–Trinajstić information content (AvgIpc) is 2.65. The molecule has 0 heterocycles. The summed E-state index contributed by atoms with van der Waals surface area (Å²) in [5.41, 5.74) is -0.716. The molecule has 0 bridgehead atoms. The Labute approximate surface area is 75.2 Å². The van der Waals surface area contributed by atoms with Crippen LogP contribution in [0.1, 0.15) is 40.5 Å². The van der Waals surface area contributed by atoms with Crippen molar-refractivity contribution in [2.24, 2.45) is 11.3 Å². The Balaban J connectivity index is 2.68. The molecule has 0 aromatic rings. The van der Waals surface area contributed by atoms with Crippen molar-refractivity contribution in [2.75, 3.05) is 0 Å². The second kappa shape index (κ2) is 2.78. The lowest BCUT2D eigenvalue weighted by Crippen LogP contribution is -2.32. The van der Waals surface area contributed by atoms with Gasteiger partial charge in [-0.3, -0.25) is 0 Å². The molecule has 1 fully saturated rings. The molecule has 0 radical (unpaired) electrons. The lowest BCUT2D eigenvalue weighted by Gasteiger charge is -2.24. The van der Waals surface area contributed by atoms with Gasteiger partial charge in [0.05, 0.1) is 0 Å². The van der Waals surface area contributed by atoms with E-state index in [2.05, 4.69) is 18.8 Å². The molecule has 0 aromatic heterocycles. The first-order valence-corrected chi connectivity index (χ1v) is 4.62. The fraction of sp³-hybridized carbons (Fsp3) is 0.818. The average molecular weight is 166 g/mol. The highest BCUT2D eigenvalue weighted by Gasteiger charge is 2.51. The van der Waals surface area contributed by atoms with E-state index in [0.717, 1.165) is 12.8 Å². The normalized spacial score (nSPS) is 24.2. The van der Waals surface area contributed by atoms with E-state index >= 15 is 0 Å². The second-order valence-electron chi connectivity index (χ2n) is 4.56. The van der Waals surface area contributed by atoms with Crippen LogP contribution in [0.5, 0.6) is 0 Å². The van der Waals surface area contributed by atoms with Crippen LogP contribution in [0.4, 0.5) is 0 Å². The monoisotopic (exact) mass is 166 g/mol. The Kier molecular flexibility index (Phi) is 2.23. The molecule has 0 aromatic carbocycles. The first-order valence-electron chi connectivity index (χ1n) is 4.62. The summed E-state index contributed by atoms with van der Waals surface area (Å²) in [4.78, 5) is 0. The van der Waals surface area contributed by atoms with Crippen molar-refractivity contribution in [3.8, 4) is 11.8 Å². The second-order valence-corrected chi connectivity index (χ2v) is 4.56. The first-order chi connectivity index (χ1) is 5.37. The van der Waals surface area contributed by atoms with Gasteiger partial charge in [-0.1, -0.05) is 32.6 Å². The van der Waals surface area contributed by atoms with Gasteiger partial charge in [0.1, 0.15) is 5.60 Å². The molecule has 0 aliphatic heterocycles. The van der Waals surface area contributed by atoms with Gasteiger partial charge in [0.15, 0.2) is 0 Å². The zero-order valence-electron chi connectivity index (χ0n) is 8.44. The van der Waals surface area contributed by atoms with Crippen LogP contribution in [0.25, 0.3) is 0 Å². The zero-order chi connectivity index (χ0) is 9.41. The van der Waals surface area contributed by atoms with Gasteiger partial charge in [-0.15, -0.1) is 0 Å². The summed E-state index contributed by atoms with van der Waals surface area (Å²) >= 11 is 0. The van der Waals surface area contributed by atoms with Crippen LogP contribution in [0.2, 0.25) is 0 Å². The maximum Gasteiger partial charge on any atom is 0.128 e. The fourth-order valence-electron chi connectivity index (χ4n) is 1.11. The summed E-state index contributed by atoms with van der Waals surface area (Å²) in [6, 6.07) is 0.